The van der Waals surface area contributed by atoms with Gasteiger partial charge in [-0.15, -0.1) is 0 Å². The number of carboxylic acid groups (broad SMARTS) is 2. The molecule has 94 valence electrons. The normalized spacial score (nSPS) is 11.9. The molecule has 0 aliphatic rings. The van der Waals surface area contributed by atoms with Crippen LogP contribution in [0.1, 0.15) is 0 Å². The Hall–Kier alpha value is -0.732. The summed E-state index contributed by atoms with van der Waals surface area (Å²) in [6, 6.07) is 0. The molecule has 0 fully saturated rings. The SMILES string of the molecule is O=C([O-])C(O)CO.O=C([O-])C(O)CO.[O]=[Mo+2]. The Balaban J connectivity index is -0.000000183. The van der Waals surface area contributed by atoms with Crippen LogP contribution >= 0.6 is 0 Å². The number of aliphatic hydroxyl groups excluding tert-OH is 4. The quantitative estimate of drug-likeness (QED) is 0.367. The minimum atomic E-state index is -1.74. The van der Waals surface area contributed by atoms with Gasteiger partial charge in [0.2, 0.25) is 0 Å². The van der Waals surface area contributed by atoms with Crippen molar-refractivity contribution in [3.05, 3.63) is 0 Å². The van der Waals surface area contributed by atoms with Crippen molar-refractivity contribution in [2.24, 2.45) is 0 Å². The molecule has 0 saturated carbocycles. The molecule has 0 bridgehead atoms. The number of aliphatic carboxylic acids is 2. The standard InChI is InChI=1S/2C3H6O4.Mo.O/c2*4-1-2(5)3(6)7;;/h2*2,4-5H,1H2,(H,6,7);;/q;;+2;/p-2. The number of aliphatic hydroxyl groups is 4. The number of carbonyl (C=O) groups is 2. The Labute approximate surface area is 101 Å². The van der Waals surface area contributed by atoms with Gasteiger partial charge in [0.15, 0.2) is 0 Å². The molecular weight excluding hydrogens is 312 g/mol. The van der Waals surface area contributed by atoms with Crippen molar-refractivity contribution in [1.82, 2.24) is 0 Å². The molecule has 0 radical (unpaired) electrons. The average Bonchev–Trinajstić information content (AvgIpc) is 2.29. The van der Waals surface area contributed by atoms with Crippen LogP contribution in [0.2, 0.25) is 0 Å². The fourth-order valence-electron chi connectivity index (χ4n) is 0.149. The van der Waals surface area contributed by atoms with Crippen molar-refractivity contribution < 1.29 is 63.4 Å². The molecule has 2 atom stereocenters. The average molecular weight is 322 g/mol. The molecule has 4 N–H and O–H groups in total. The van der Waals surface area contributed by atoms with Crippen molar-refractivity contribution >= 4 is 11.9 Å². The van der Waals surface area contributed by atoms with Crippen LogP contribution in [0.4, 0.5) is 0 Å². The Bertz CT molecular complexity index is 176. The molecular formula is C6H10MoO9. The topological polar surface area (TPSA) is 178 Å². The van der Waals surface area contributed by atoms with Gasteiger partial charge in [-0.2, -0.15) is 0 Å². The monoisotopic (exact) mass is 324 g/mol. The second-order valence-electron chi connectivity index (χ2n) is 2.03. The van der Waals surface area contributed by atoms with Crippen LogP contribution in [0, 0.1) is 0 Å². The zero-order valence-electron chi connectivity index (χ0n) is 7.81. The van der Waals surface area contributed by atoms with Crippen molar-refractivity contribution in [3.8, 4) is 0 Å². The van der Waals surface area contributed by atoms with Crippen LogP contribution < -0.4 is 10.2 Å². The Kier molecular flexibility index (Phi) is 18.4. The third-order valence-electron chi connectivity index (χ3n) is 0.890. The summed E-state index contributed by atoms with van der Waals surface area (Å²) in [5.74, 6) is -3.30. The first-order valence-electron chi connectivity index (χ1n) is 3.53. The summed E-state index contributed by atoms with van der Waals surface area (Å²) in [4.78, 5) is 18.8. The molecule has 0 amide bonds. The first-order valence-corrected chi connectivity index (χ1v) is 4.35. The van der Waals surface area contributed by atoms with Gasteiger partial charge in [0.05, 0.1) is 25.2 Å². The maximum atomic E-state index is 9.41. The molecule has 16 heavy (non-hydrogen) atoms. The van der Waals surface area contributed by atoms with Gasteiger partial charge >= 0.3 is 23.2 Å². The summed E-state index contributed by atoms with van der Waals surface area (Å²) in [5.41, 5.74) is 0. The van der Waals surface area contributed by atoms with Crippen molar-refractivity contribution in [1.29, 1.82) is 0 Å². The predicted octanol–water partition coefficient (Wildman–Crippen LogP) is -5.94. The van der Waals surface area contributed by atoms with E-state index in [1.807, 2.05) is 0 Å². The molecule has 0 heterocycles. The third-order valence-corrected chi connectivity index (χ3v) is 0.890. The van der Waals surface area contributed by atoms with E-state index in [1.165, 1.54) is 0 Å². The van der Waals surface area contributed by atoms with Crippen molar-refractivity contribution in [2.75, 3.05) is 13.2 Å². The summed E-state index contributed by atoms with van der Waals surface area (Å²) in [6.07, 6.45) is -3.47. The first-order chi connectivity index (χ1) is 7.36. The Morgan fingerprint density at radius 1 is 0.938 bits per heavy atom. The molecule has 0 aliphatic heterocycles. The maximum absolute atomic E-state index is 9.41. The van der Waals surface area contributed by atoms with Crippen LogP contribution in [-0.2, 0) is 32.8 Å². The van der Waals surface area contributed by atoms with Gasteiger partial charge in [0.25, 0.3) is 0 Å². The van der Waals surface area contributed by atoms with Gasteiger partial charge in [0.1, 0.15) is 12.2 Å². The summed E-state index contributed by atoms with van der Waals surface area (Å²) in [5, 5.41) is 50.5. The van der Waals surface area contributed by atoms with E-state index in [0.717, 1.165) is 0 Å². The third kappa shape index (κ3) is 15.7. The molecule has 0 rings (SSSR count). The van der Waals surface area contributed by atoms with Gasteiger partial charge in [-0.1, -0.05) is 0 Å². The van der Waals surface area contributed by atoms with Crippen LogP contribution in [0.15, 0.2) is 0 Å². The van der Waals surface area contributed by atoms with Crippen molar-refractivity contribution in [2.45, 2.75) is 12.2 Å². The van der Waals surface area contributed by atoms with E-state index in [1.54, 1.807) is 0 Å². The number of hydrogen-bond donors (Lipinski definition) is 4. The molecule has 9 nitrogen and oxygen atoms in total. The van der Waals surface area contributed by atoms with E-state index in [2.05, 4.69) is 0 Å². The van der Waals surface area contributed by atoms with Gasteiger partial charge in [-0.3, -0.25) is 0 Å². The molecule has 10 heteroatoms. The van der Waals surface area contributed by atoms with E-state index in [-0.39, 0.29) is 0 Å². The number of hydrogen-bond acceptors (Lipinski definition) is 9. The summed E-state index contributed by atoms with van der Waals surface area (Å²) in [7, 11) is 0. The van der Waals surface area contributed by atoms with Crippen LogP contribution in [0.25, 0.3) is 0 Å². The fraction of sp³-hybridized carbons (Fsp3) is 0.667. The Morgan fingerprint density at radius 3 is 1.12 bits per heavy atom. The van der Waals surface area contributed by atoms with E-state index in [4.69, 9.17) is 23.8 Å². The predicted molar refractivity (Wildman–Crippen MR) is 36.9 cm³/mol. The summed E-state index contributed by atoms with van der Waals surface area (Å²) in [6.45, 7) is -1.58. The van der Waals surface area contributed by atoms with E-state index >= 15 is 0 Å². The van der Waals surface area contributed by atoms with Crippen molar-refractivity contribution in [3.63, 3.8) is 0 Å². The second kappa shape index (κ2) is 14.3. The van der Waals surface area contributed by atoms with E-state index in [0.29, 0.717) is 19.8 Å². The van der Waals surface area contributed by atoms with Gasteiger partial charge in [-0.05, 0) is 0 Å². The molecule has 0 aromatic heterocycles. The first kappa shape index (κ1) is 20.7. The second-order valence-corrected chi connectivity index (χ2v) is 2.03. The van der Waals surface area contributed by atoms with Gasteiger partial charge < -0.3 is 40.2 Å². The zero-order valence-corrected chi connectivity index (χ0v) is 9.81. The van der Waals surface area contributed by atoms with E-state index in [9.17, 15) is 19.8 Å². The van der Waals surface area contributed by atoms with Crippen LogP contribution in [-0.4, -0.2) is 57.8 Å². The Morgan fingerprint density at radius 2 is 1.12 bits per heavy atom. The summed E-state index contributed by atoms with van der Waals surface area (Å²) >= 11 is 0.700. The fourth-order valence-corrected chi connectivity index (χ4v) is 0.149. The summed E-state index contributed by atoms with van der Waals surface area (Å²) < 4.78 is 8.26. The molecule has 0 saturated heterocycles. The molecule has 0 aromatic rings. The number of carboxylic acids is 2. The minimum absolute atomic E-state index is 0.700. The van der Waals surface area contributed by atoms with Gasteiger partial charge in [0, 0.05) is 0 Å². The zero-order chi connectivity index (χ0) is 13.7. The van der Waals surface area contributed by atoms with E-state index < -0.39 is 37.4 Å². The number of carbonyl (C=O) groups excluding carboxylic acids is 2. The molecule has 0 spiro atoms. The van der Waals surface area contributed by atoms with Crippen LogP contribution in [0.3, 0.4) is 0 Å². The molecule has 2 unspecified atom stereocenters. The molecule has 0 aliphatic carbocycles. The number of rotatable bonds is 4. The van der Waals surface area contributed by atoms with Crippen LogP contribution in [0.5, 0.6) is 0 Å². The van der Waals surface area contributed by atoms with Gasteiger partial charge in [-0.25, -0.2) is 0 Å². The molecule has 0 aromatic carbocycles.